The van der Waals surface area contributed by atoms with Crippen LogP contribution in [0.15, 0.2) is 57.8 Å². The van der Waals surface area contributed by atoms with E-state index in [0.717, 1.165) is 16.8 Å². The van der Waals surface area contributed by atoms with E-state index in [0.29, 0.717) is 0 Å². The van der Waals surface area contributed by atoms with E-state index in [1.54, 1.807) is 24.3 Å². The van der Waals surface area contributed by atoms with Gasteiger partial charge in [-0.05, 0) is 44.1 Å². The van der Waals surface area contributed by atoms with Gasteiger partial charge >= 0.3 is 0 Å². The third-order valence-electron chi connectivity index (χ3n) is 4.56. The summed E-state index contributed by atoms with van der Waals surface area (Å²) in [5, 5.41) is 3.87. The molecule has 0 unspecified atom stereocenters. The fourth-order valence-electron chi connectivity index (χ4n) is 2.86. The topological polar surface area (TPSA) is 77.8 Å². The molecular weight excluding hydrogens is 326 g/mol. The predicted molar refractivity (Wildman–Crippen MR) is 108 cm³/mol. The summed E-state index contributed by atoms with van der Waals surface area (Å²) in [5.74, 6) is 0. The zero-order valence-electron chi connectivity index (χ0n) is 16.1. The summed E-state index contributed by atoms with van der Waals surface area (Å²) in [5.41, 5.74) is 1.57. The first kappa shape index (κ1) is 19.5. The number of aromatic nitrogens is 2. The van der Waals surface area contributed by atoms with Crippen molar-refractivity contribution in [3.8, 4) is 0 Å². The average molecular weight is 353 g/mol. The Hall–Kier alpha value is -2.82. The molecule has 0 aliphatic carbocycles. The number of nitrogens with one attached hydrogen (secondary N) is 3. The second-order valence-electron chi connectivity index (χ2n) is 7.64. The molecule has 5 heteroatoms. The van der Waals surface area contributed by atoms with Crippen LogP contribution in [0, 0.1) is 5.41 Å². The van der Waals surface area contributed by atoms with Crippen molar-refractivity contribution >= 4 is 12.2 Å². The van der Waals surface area contributed by atoms with E-state index in [4.69, 9.17) is 0 Å². The normalized spacial score (nSPS) is 18.4. The Morgan fingerprint density at radius 1 is 1.08 bits per heavy atom. The summed E-state index contributed by atoms with van der Waals surface area (Å²) in [6, 6.07) is 0. The van der Waals surface area contributed by atoms with Gasteiger partial charge in [0.05, 0.1) is 5.54 Å². The lowest BCUT2D eigenvalue weighted by Gasteiger charge is -2.47. The van der Waals surface area contributed by atoms with Crippen LogP contribution in [0.5, 0.6) is 0 Å². The number of aromatic amines is 2. The Morgan fingerprint density at radius 2 is 1.65 bits per heavy atom. The van der Waals surface area contributed by atoms with Crippen molar-refractivity contribution in [3.63, 3.8) is 0 Å². The standard InChI is InChI=1S/C21H27N3O2/c1-8-10-13(3)11-15-18(25)23-16(19(26)22-15)12-14-17(20(4,5)9-2)24-21(14,6)7/h8-12,24H,1-2H2,3-7H3,(H,22,26)(H,23,25)/b13-10+,15-11-,16-12-. The van der Waals surface area contributed by atoms with Crippen LogP contribution in [0.25, 0.3) is 12.2 Å². The summed E-state index contributed by atoms with van der Waals surface area (Å²) < 4.78 is 0. The molecule has 26 heavy (non-hydrogen) atoms. The minimum Gasteiger partial charge on any atom is -0.378 e. The monoisotopic (exact) mass is 353 g/mol. The van der Waals surface area contributed by atoms with Crippen molar-refractivity contribution in [2.24, 2.45) is 5.41 Å². The number of allylic oxidation sites excluding steroid dienone is 4. The zero-order valence-corrected chi connectivity index (χ0v) is 16.1. The van der Waals surface area contributed by atoms with Gasteiger partial charge in [-0.25, -0.2) is 0 Å². The Balaban J connectivity index is 2.69. The number of H-pyrrole nitrogens is 2. The molecule has 0 atom stereocenters. The molecule has 2 heterocycles. The van der Waals surface area contributed by atoms with Gasteiger partial charge in [-0.3, -0.25) is 9.59 Å². The molecule has 0 aromatic carbocycles. The summed E-state index contributed by atoms with van der Waals surface area (Å²) in [4.78, 5) is 30.2. The van der Waals surface area contributed by atoms with Crippen molar-refractivity contribution < 1.29 is 0 Å². The van der Waals surface area contributed by atoms with E-state index in [2.05, 4.69) is 28.4 Å². The molecule has 138 valence electrons. The summed E-state index contributed by atoms with van der Waals surface area (Å²) in [7, 11) is 0. The van der Waals surface area contributed by atoms with Gasteiger partial charge in [0.1, 0.15) is 10.7 Å². The molecule has 1 aromatic heterocycles. The van der Waals surface area contributed by atoms with Crippen molar-refractivity contribution in [2.75, 3.05) is 0 Å². The summed E-state index contributed by atoms with van der Waals surface area (Å²) in [6.45, 7) is 17.5. The van der Waals surface area contributed by atoms with Crippen molar-refractivity contribution in [2.45, 2.75) is 40.2 Å². The molecule has 1 aliphatic heterocycles. The molecule has 1 aromatic rings. The van der Waals surface area contributed by atoms with E-state index in [-0.39, 0.29) is 32.8 Å². The molecule has 0 amide bonds. The summed E-state index contributed by atoms with van der Waals surface area (Å²) in [6.07, 6.45) is 8.61. The Labute approximate surface area is 153 Å². The third kappa shape index (κ3) is 3.72. The molecule has 3 N–H and O–H groups in total. The van der Waals surface area contributed by atoms with Gasteiger partial charge in [0.25, 0.3) is 11.1 Å². The number of rotatable bonds is 5. The molecule has 0 radical (unpaired) electrons. The number of hydrogen-bond donors (Lipinski definition) is 3. The van der Waals surface area contributed by atoms with Crippen molar-refractivity contribution in [1.82, 2.24) is 15.3 Å². The molecule has 0 saturated carbocycles. The van der Waals surface area contributed by atoms with Gasteiger partial charge < -0.3 is 15.3 Å². The highest BCUT2D eigenvalue weighted by molar-refractivity contribution is 5.60. The molecule has 0 spiro atoms. The summed E-state index contributed by atoms with van der Waals surface area (Å²) >= 11 is 0. The highest BCUT2D eigenvalue weighted by Crippen LogP contribution is 2.41. The third-order valence-corrected chi connectivity index (χ3v) is 4.56. The Bertz CT molecular complexity index is 1040. The predicted octanol–water partition coefficient (Wildman–Crippen LogP) is 1.60. The van der Waals surface area contributed by atoms with E-state index in [1.165, 1.54) is 0 Å². The maximum Gasteiger partial charge on any atom is 0.272 e. The molecule has 1 aliphatic rings. The maximum atomic E-state index is 12.5. The molecule has 0 saturated heterocycles. The van der Waals surface area contributed by atoms with Crippen LogP contribution < -0.4 is 27.1 Å². The Morgan fingerprint density at radius 3 is 2.19 bits per heavy atom. The first-order valence-corrected chi connectivity index (χ1v) is 8.54. The lowest BCUT2D eigenvalue weighted by Crippen LogP contribution is -2.55. The molecular formula is C21H27N3O2. The van der Waals surface area contributed by atoms with Gasteiger partial charge in [0.15, 0.2) is 0 Å². The Kier molecular flexibility index (Phi) is 5.12. The van der Waals surface area contributed by atoms with Crippen LogP contribution in [-0.4, -0.2) is 15.5 Å². The van der Waals surface area contributed by atoms with E-state index < -0.39 is 0 Å². The minimum atomic E-state index is -0.345. The highest BCUT2D eigenvalue weighted by atomic mass is 16.1. The van der Waals surface area contributed by atoms with Crippen molar-refractivity contribution in [3.05, 3.63) is 79.6 Å². The maximum absolute atomic E-state index is 12.5. The van der Waals surface area contributed by atoms with Crippen LogP contribution in [0.1, 0.15) is 34.6 Å². The van der Waals surface area contributed by atoms with Gasteiger partial charge in [-0.2, -0.15) is 0 Å². The van der Waals surface area contributed by atoms with Gasteiger partial charge in [-0.1, -0.05) is 38.7 Å². The van der Waals surface area contributed by atoms with Gasteiger partial charge in [0.2, 0.25) is 0 Å². The molecule has 0 bridgehead atoms. The quantitative estimate of drug-likeness (QED) is 0.556. The average Bonchev–Trinajstić information content (AvgIpc) is 2.54. The van der Waals surface area contributed by atoms with Crippen LogP contribution in [0.2, 0.25) is 0 Å². The lowest BCUT2D eigenvalue weighted by molar-refractivity contribution is 0.362. The van der Waals surface area contributed by atoms with Crippen LogP contribution >= 0.6 is 0 Å². The van der Waals surface area contributed by atoms with E-state index in [9.17, 15) is 9.59 Å². The second kappa shape index (κ2) is 6.83. The largest absolute Gasteiger partial charge is 0.378 e. The number of hydrogen-bond acceptors (Lipinski definition) is 3. The second-order valence-corrected chi connectivity index (χ2v) is 7.64. The lowest BCUT2D eigenvalue weighted by atomic mass is 9.74. The van der Waals surface area contributed by atoms with Crippen molar-refractivity contribution in [1.29, 1.82) is 0 Å². The minimum absolute atomic E-state index is 0.217. The zero-order chi connectivity index (χ0) is 19.7. The highest BCUT2D eigenvalue weighted by Gasteiger charge is 2.40. The van der Waals surface area contributed by atoms with Crippen LogP contribution in [-0.2, 0) is 0 Å². The fourth-order valence-corrected chi connectivity index (χ4v) is 2.86. The molecule has 2 rings (SSSR count). The SMILES string of the molecule is C=C/C=C(C)/C=c1\[nH]c(=O)/c(=C/C2=C(C(C)(C)C=C)NC2(C)C)[nH]c1=O. The van der Waals surface area contributed by atoms with E-state index >= 15 is 0 Å². The first-order valence-electron chi connectivity index (χ1n) is 8.54. The van der Waals surface area contributed by atoms with Crippen LogP contribution in [0.3, 0.4) is 0 Å². The van der Waals surface area contributed by atoms with Crippen LogP contribution in [0.4, 0.5) is 0 Å². The van der Waals surface area contributed by atoms with Gasteiger partial charge in [0, 0.05) is 11.1 Å². The van der Waals surface area contributed by atoms with E-state index in [1.807, 2.05) is 40.7 Å². The fraction of sp³-hybridized carbons (Fsp3) is 0.333. The first-order chi connectivity index (χ1) is 12.0. The molecule has 0 fully saturated rings. The smallest absolute Gasteiger partial charge is 0.272 e. The molecule has 5 nitrogen and oxygen atoms in total. The van der Waals surface area contributed by atoms with Gasteiger partial charge in [-0.15, -0.1) is 6.58 Å².